The lowest BCUT2D eigenvalue weighted by Gasteiger charge is -2.17. The molecule has 1 fully saturated rings. The molecule has 3 amide bonds. The third-order valence-corrected chi connectivity index (χ3v) is 3.86. The molecule has 0 spiro atoms. The van der Waals surface area contributed by atoms with E-state index in [9.17, 15) is 14.4 Å². The zero-order chi connectivity index (χ0) is 18.9. The van der Waals surface area contributed by atoms with Crippen molar-refractivity contribution in [2.24, 2.45) is 10.9 Å². The maximum atomic E-state index is 12.5. The molecule has 1 aromatic carbocycles. The molecule has 140 valence electrons. The Hall–Kier alpha value is -3.10. The molecule has 0 saturated carbocycles. The van der Waals surface area contributed by atoms with Gasteiger partial charge in [0.05, 0.1) is 19.2 Å². The van der Waals surface area contributed by atoms with Crippen molar-refractivity contribution < 1.29 is 19.1 Å². The number of hydrogen-bond donors (Lipinski definition) is 3. The van der Waals surface area contributed by atoms with E-state index in [0.29, 0.717) is 19.6 Å². The number of hydrazone groups is 1. The first-order valence-corrected chi connectivity index (χ1v) is 8.39. The molecule has 1 aliphatic heterocycles. The fourth-order valence-electron chi connectivity index (χ4n) is 2.62. The highest BCUT2D eigenvalue weighted by atomic mass is 16.5. The molecule has 0 aliphatic carbocycles. The summed E-state index contributed by atoms with van der Waals surface area (Å²) < 4.78 is 4.77. The van der Waals surface area contributed by atoms with E-state index in [4.69, 9.17) is 10.6 Å². The van der Waals surface area contributed by atoms with Gasteiger partial charge in [0.2, 0.25) is 5.91 Å². The second-order valence-electron chi connectivity index (χ2n) is 5.66. The molecule has 0 bridgehead atoms. The van der Waals surface area contributed by atoms with Crippen LogP contribution in [0.5, 0.6) is 0 Å². The first kappa shape index (κ1) is 19.2. The predicted octanol–water partition coefficient (Wildman–Crippen LogP) is 0.337. The lowest BCUT2D eigenvalue weighted by Crippen LogP contribution is -2.46. The van der Waals surface area contributed by atoms with E-state index in [-0.39, 0.29) is 24.8 Å². The first-order chi connectivity index (χ1) is 12.5. The number of nitrogens with zero attached hydrogens (tertiary/aromatic N) is 2. The van der Waals surface area contributed by atoms with E-state index in [2.05, 4.69) is 15.7 Å². The molecule has 4 N–H and O–H groups in total. The number of benzene rings is 1. The summed E-state index contributed by atoms with van der Waals surface area (Å²) in [5.41, 5.74) is 1.58. The van der Waals surface area contributed by atoms with Crippen molar-refractivity contribution in [3.8, 4) is 0 Å². The number of nitrogens with one attached hydrogen (secondary N) is 2. The number of anilines is 1. The lowest BCUT2D eigenvalue weighted by molar-refractivity contribution is -0.142. The largest absolute Gasteiger partial charge is 0.466 e. The third kappa shape index (κ3) is 5.20. The number of nitrogens with two attached hydrogens (primary N) is 1. The Bertz CT molecular complexity index is 674. The molecule has 1 saturated heterocycles. The number of esters is 1. The van der Waals surface area contributed by atoms with Gasteiger partial charge in [-0.15, -0.1) is 0 Å². The summed E-state index contributed by atoms with van der Waals surface area (Å²) in [6, 6.07) is 6.14. The number of amides is 3. The Morgan fingerprint density at radius 3 is 2.77 bits per heavy atom. The monoisotopic (exact) mass is 361 g/mol. The van der Waals surface area contributed by atoms with Crippen LogP contribution < -0.4 is 21.4 Å². The topological polar surface area (TPSA) is 126 Å². The van der Waals surface area contributed by atoms with Crippen LogP contribution >= 0.6 is 0 Å². The Kier molecular flexibility index (Phi) is 6.95. The zero-order valence-electron chi connectivity index (χ0n) is 14.6. The smallest absolute Gasteiger partial charge is 0.315 e. The van der Waals surface area contributed by atoms with Crippen LogP contribution in [0.1, 0.15) is 25.3 Å². The van der Waals surface area contributed by atoms with Gasteiger partial charge in [-0.05, 0) is 31.0 Å². The molecule has 0 aromatic heterocycles. The quantitative estimate of drug-likeness (QED) is 0.279. The van der Waals surface area contributed by atoms with Crippen molar-refractivity contribution in [1.82, 2.24) is 10.6 Å². The van der Waals surface area contributed by atoms with Crippen molar-refractivity contribution in [3.05, 3.63) is 29.8 Å². The summed E-state index contributed by atoms with van der Waals surface area (Å²) in [4.78, 5) is 37.2. The molecule has 2 rings (SSSR count). The summed E-state index contributed by atoms with van der Waals surface area (Å²) in [7, 11) is 0. The molecule has 1 atom stereocenters. The number of rotatable bonds is 7. The molecule has 9 heteroatoms. The molecular formula is C17H23N5O4. The van der Waals surface area contributed by atoms with E-state index in [1.54, 1.807) is 24.0 Å². The molecular weight excluding hydrogens is 338 g/mol. The van der Waals surface area contributed by atoms with Crippen LogP contribution in [0.25, 0.3) is 0 Å². The molecule has 9 nitrogen and oxygen atoms in total. The van der Waals surface area contributed by atoms with Gasteiger partial charge in [-0.25, -0.2) is 4.79 Å². The number of carbonyl (C=O) groups excluding carboxylic acids is 3. The minimum atomic E-state index is -0.595. The van der Waals surface area contributed by atoms with Gasteiger partial charge in [0.25, 0.3) is 0 Å². The van der Waals surface area contributed by atoms with Gasteiger partial charge in [-0.2, -0.15) is 5.10 Å². The van der Waals surface area contributed by atoms with Crippen molar-refractivity contribution in [2.45, 2.75) is 25.8 Å². The zero-order valence-corrected chi connectivity index (χ0v) is 14.6. The fraction of sp³-hybridized carbons (Fsp3) is 0.412. The van der Waals surface area contributed by atoms with Crippen LogP contribution in [0.2, 0.25) is 0 Å². The Balaban J connectivity index is 1.82. The average molecular weight is 361 g/mol. The maximum Gasteiger partial charge on any atom is 0.315 e. The van der Waals surface area contributed by atoms with Crippen LogP contribution in [0.3, 0.4) is 0 Å². The van der Waals surface area contributed by atoms with Crippen molar-refractivity contribution in [2.75, 3.05) is 24.6 Å². The lowest BCUT2D eigenvalue weighted by atomic mass is 10.2. The van der Waals surface area contributed by atoms with Gasteiger partial charge in [0.15, 0.2) is 0 Å². The van der Waals surface area contributed by atoms with Gasteiger partial charge in [0.1, 0.15) is 6.04 Å². The van der Waals surface area contributed by atoms with Crippen LogP contribution in [0.4, 0.5) is 10.5 Å². The third-order valence-electron chi connectivity index (χ3n) is 3.86. The number of hydrogen-bond acceptors (Lipinski definition) is 6. The van der Waals surface area contributed by atoms with E-state index in [1.165, 1.54) is 6.21 Å². The van der Waals surface area contributed by atoms with Crippen LogP contribution in [-0.4, -0.2) is 49.9 Å². The minimum absolute atomic E-state index is 0.0877. The maximum absolute atomic E-state index is 12.5. The van der Waals surface area contributed by atoms with E-state index >= 15 is 0 Å². The Labute approximate surface area is 151 Å². The van der Waals surface area contributed by atoms with E-state index in [1.807, 2.05) is 12.1 Å². The van der Waals surface area contributed by atoms with E-state index in [0.717, 1.165) is 11.3 Å². The van der Waals surface area contributed by atoms with Gasteiger partial charge >= 0.3 is 12.0 Å². The predicted molar refractivity (Wildman–Crippen MR) is 96.8 cm³/mol. The molecule has 26 heavy (non-hydrogen) atoms. The van der Waals surface area contributed by atoms with Crippen LogP contribution in [0.15, 0.2) is 29.4 Å². The van der Waals surface area contributed by atoms with Crippen LogP contribution in [0, 0.1) is 0 Å². The normalized spacial score (nSPS) is 16.7. The second-order valence-corrected chi connectivity index (χ2v) is 5.66. The number of urea groups is 1. The fourth-order valence-corrected chi connectivity index (χ4v) is 2.62. The van der Waals surface area contributed by atoms with Gasteiger partial charge in [-0.1, -0.05) is 12.1 Å². The standard InChI is InChI=1S/C17H23N5O4/c1-2-26-15(23)7-9-19-17(25)21-14-8-10-22(16(14)24)13-5-3-12(4-6-13)11-20-18/h3-6,11,14H,2,7-10,18H2,1H3,(H2,19,21,25)/b20-11+/t14-/m0/s1. The molecule has 0 radical (unpaired) electrons. The summed E-state index contributed by atoms with van der Waals surface area (Å²) in [6.07, 6.45) is 2.11. The molecule has 0 unspecified atom stereocenters. The van der Waals surface area contributed by atoms with Gasteiger partial charge in [0, 0.05) is 18.8 Å². The average Bonchev–Trinajstić information content (AvgIpc) is 2.97. The van der Waals surface area contributed by atoms with Gasteiger partial charge < -0.3 is 26.1 Å². The van der Waals surface area contributed by atoms with Crippen LogP contribution in [-0.2, 0) is 14.3 Å². The molecule has 1 aromatic rings. The first-order valence-electron chi connectivity index (χ1n) is 8.39. The number of carbonyl (C=O) groups is 3. The molecule has 1 heterocycles. The summed E-state index contributed by atoms with van der Waals surface area (Å²) in [6.45, 7) is 2.68. The second kappa shape index (κ2) is 9.40. The number of ether oxygens (including phenoxy) is 1. The Morgan fingerprint density at radius 1 is 1.38 bits per heavy atom. The molecule has 1 aliphatic rings. The van der Waals surface area contributed by atoms with Gasteiger partial charge in [-0.3, -0.25) is 9.59 Å². The summed E-state index contributed by atoms with van der Waals surface area (Å²) in [5, 5.41) is 8.63. The highest BCUT2D eigenvalue weighted by Gasteiger charge is 2.33. The van der Waals surface area contributed by atoms with Crippen molar-refractivity contribution in [1.29, 1.82) is 0 Å². The van der Waals surface area contributed by atoms with E-state index < -0.39 is 12.1 Å². The summed E-state index contributed by atoms with van der Waals surface area (Å²) >= 11 is 0. The Morgan fingerprint density at radius 2 is 2.12 bits per heavy atom. The van der Waals surface area contributed by atoms with Crippen molar-refractivity contribution in [3.63, 3.8) is 0 Å². The van der Waals surface area contributed by atoms with Crippen molar-refractivity contribution >= 4 is 29.8 Å². The minimum Gasteiger partial charge on any atom is -0.466 e. The highest BCUT2D eigenvalue weighted by molar-refractivity contribution is 6.01. The SMILES string of the molecule is CCOC(=O)CCNC(=O)N[C@H]1CCN(c2ccc(/C=N/N)cc2)C1=O. The highest BCUT2D eigenvalue weighted by Crippen LogP contribution is 2.21. The summed E-state index contributed by atoms with van der Waals surface area (Å²) in [5.74, 6) is 4.56.